The minimum atomic E-state index is -0.505. The number of amides is 1. The number of thiophene rings is 1. The highest BCUT2D eigenvalue weighted by atomic mass is 32.1. The largest absolute Gasteiger partial charge is 0.439 e. The van der Waals surface area contributed by atoms with Crippen LogP contribution < -0.4 is 15.8 Å². The zero-order valence-corrected chi connectivity index (χ0v) is 17.5. The number of fused-ring (bicyclic) bond motifs is 1. The minimum Gasteiger partial charge on any atom is -0.439 e. The third-order valence-electron chi connectivity index (χ3n) is 4.99. The van der Waals surface area contributed by atoms with Crippen LogP contribution in [0.3, 0.4) is 0 Å². The van der Waals surface area contributed by atoms with Gasteiger partial charge in [0.25, 0.3) is 0 Å². The Bertz CT molecular complexity index is 1150. The lowest BCUT2D eigenvalue weighted by molar-refractivity contribution is 0.1000. The molecule has 0 aliphatic rings. The Hall–Kier alpha value is -3.22. The second-order valence-corrected chi connectivity index (χ2v) is 8.21. The van der Waals surface area contributed by atoms with E-state index in [0.717, 1.165) is 19.5 Å². The highest BCUT2D eigenvalue weighted by molar-refractivity contribution is 7.19. The third-order valence-corrected chi connectivity index (χ3v) is 6.26. The summed E-state index contributed by atoms with van der Waals surface area (Å²) in [7, 11) is 0. The molecule has 0 aliphatic carbocycles. The monoisotopic (exact) mass is 417 g/mol. The molecular formula is C24H23N3O2S. The van der Waals surface area contributed by atoms with Crippen molar-refractivity contribution in [2.75, 3.05) is 6.54 Å². The molecule has 2 aromatic carbocycles. The zero-order chi connectivity index (χ0) is 20.9. The van der Waals surface area contributed by atoms with Gasteiger partial charge in [-0.25, -0.2) is 4.98 Å². The molecule has 1 amide bonds. The van der Waals surface area contributed by atoms with Crippen molar-refractivity contribution in [3.8, 4) is 11.6 Å². The van der Waals surface area contributed by atoms with E-state index in [1.165, 1.54) is 32.3 Å². The Labute approximate surface area is 179 Å². The molecule has 6 heteroatoms. The number of primary amides is 1. The first-order valence-corrected chi connectivity index (χ1v) is 10.6. The summed E-state index contributed by atoms with van der Waals surface area (Å²) in [5.74, 6) is 0.620. The quantitative estimate of drug-likeness (QED) is 0.403. The lowest BCUT2D eigenvalue weighted by Crippen LogP contribution is -2.16. The van der Waals surface area contributed by atoms with Crippen LogP contribution in [0.15, 0.2) is 66.9 Å². The van der Waals surface area contributed by atoms with Gasteiger partial charge in [0, 0.05) is 28.4 Å². The topological polar surface area (TPSA) is 77.2 Å². The van der Waals surface area contributed by atoms with Crippen LogP contribution in [-0.4, -0.2) is 17.4 Å². The Morgan fingerprint density at radius 1 is 1.10 bits per heavy atom. The number of aromatic nitrogens is 1. The van der Waals surface area contributed by atoms with Gasteiger partial charge in [-0.3, -0.25) is 4.79 Å². The Morgan fingerprint density at radius 2 is 1.90 bits per heavy atom. The number of nitrogens with two attached hydrogens (primary N) is 1. The molecule has 0 atom stereocenters. The number of ether oxygens (including phenoxy) is 1. The Balaban J connectivity index is 1.27. The van der Waals surface area contributed by atoms with E-state index in [-0.39, 0.29) is 0 Å². The number of carbonyl (C=O) groups excluding carboxylic acids is 1. The molecule has 0 aliphatic heterocycles. The number of benzene rings is 2. The molecule has 4 rings (SSSR count). The molecule has 0 saturated heterocycles. The maximum atomic E-state index is 11.1. The second kappa shape index (κ2) is 9.07. The van der Waals surface area contributed by atoms with Crippen molar-refractivity contribution in [1.29, 1.82) is 0 Å². The molecule has 3 N–H and O–H groups in total. The van der Waals surface area contributed by atoms with Crippen LogP contribution in [0, 0.1) is 6.92 Å². The van der Waals surface area contributed by atoms with Crippen LogP contribution in [-0.2, 0) is 13.0 Å². The summed E-state index contributed by atoms with van der Waals surface area (Å²) in [5, 5.41) is 4.91. The minimum absolute atomic E-state index is 0.357. The fraction of sp³-hybridized carbons (Fsp3) is 0.167. The fourth-order valence-electron chi connectivity index (χ4n) is 3.26. The number of hydrogen-bond acceptors (Lipinski definition) is 5. The number of nitrogens with one attached hydrogen (secondary N) is 1. The smallest absolute Gasteiger partial charge is 0.250 e. The summed E-state index contributed by atoms with van der Waals surface area (Å²) >= 11 is 1.86. The molecule has 0 radical (unpaired) electrons. The molecule has 0 saturated carbocycles. The third kappa shape index (κ3) is 4.67. The van der Waals surface area contributed by atoms with Gasteiger partial charge in [-0.2, -0.15) is 0 Å². The molecule has 4 aromatic rings. The van der Waals surface area contributed by atoms with Crippen molar-refractivity contribution in [3.63, 3.8) is 0 Å². The van der Waals surface area contributed by atoms with Gasteiger partial charge in [0.05, 0.1) is 5.56 Å². The summed E-state index contributed by atoms with van der Waals surface area (Å²) in [6.07, 6.45) is 2.35. The van der Waals surface area contributed by atoms with Crippen molar-refractivity contribution in [2.24, 2.45) is 5.73 Å². The number of aryl methyl sites for hydroxylation is 1. The predicted molar refractivity (Wildman–Crippen MR) is 121 cm³/mol. The Morgan fingerprint density at radius 3 is 2.60 bits per heavy atom. The van der Waals surface area contributed by atoms with E-state index in [1.54, 1.807) is 12.1 Å². The van der Waals surface area contributed by atoms with E-state index < -0.39 is 5.91 Å². The van der Waals surface area contributed by atoms with E-state index in [2.05, 4.69) is 53.6 Å². The molecule has 152 valence electrons. The Kier molecular flexibility index (Phi) is 6.07. The lowest BCUT2D eigenvalue weighted by atomic mass is 10.1. The van der Waals surface area contributed by atoms with Crippen molar-refractivity contribution < 1.29 is 9.53 Å². The highest BCUT2D eigenvalue weighted by Crippen LogP contribution is 2.30. The molecular weight excluding hydrogens is 394 g/mol. The molecule has 0 spiro atoms. The van der Waals surface area contributed by atoms with Crippen LogP contribution >= 0.6 is 11.3 Å². The van der Waals surface area contributed by atoms with E-state index in [1.807, 2.05) is 23.5 Å². The number of nitrogens with zero attached hydrogens (tertiary/aromatic N) is 1. The van der Waals surface area contributed by atoms with E-state index >= 15 is 0 Å². The lowest BCUT2D eigenvalue weighted by Gasteiger charge is -2.07. The maximum absolute atomic E-state index is 11.1. The molecule has 30 heavy (non-hydrogen) atoms. The van der Waals surface area contributed by atoms with Gasteiger partial charge in [-0.15, -0.1) is 11.3 Å². The standard InChI is InChI=1S/C24H23N3O2S/c1-16-20-4-2-3-5-21(20)30-22(16)15-26-13-12-17-6-9-19(10-7-17)29-23-11-8-18(14-27-23)24(25)28/h2-11,14,26H,12-13,15H2,1H3,(H2,25,28). The van der Waals surface area contributed by atoms with Crippen LogP contribution in [0.2, 0.25) is 0 Å². The first-order valence-electron chi connectivity index (χ1n) is 9.80. The van der Waals surface area contributed by atoms with Gasteiger partial charge in [0.2, 0.25) is 11.8 Å². The normalized spacial score (nSPS) is 11.0. The van der Waals surface area contributed by atoms with Crippen LogP contribution in [0.4, 0.5) is 0 Å². The molecule has 0 unspecified atom stereocenters. The van der Waals surface area contributed by atoms with Crippen molar-refractivity contribution in [2.45, 2.75) is 19.9 Å². The average molecular weight is 418 g/mol. The molecule has 2 heterocycles. The van der Waals surface area contributed by atoms with Crippen molar-refractivity contribution >= 4 is 27.3 Å². The number of hydrogen-bond donors (Lipinski definition) is 2. The predicted octanol–water partition coefficient (Wildman–Crippen LogP) is 4.83. The first kappa shape index (κ1) is 20.1. The van der Waals surface area contributed by atoms with Crippen LogP contribution in [0.5, 0.6) is 11.6 Å². The average Bonchev–Trinajstić information content (AvgIpc) is 3.08. The summed E-state index contributed by atoms with van der Waals surface area (Å²) in [4.78, 5) is 16.6. The van der Waals surface area contributed by atoms with E-state index in [9.17, 15) is 4.79 Å². The summed E-state index contributed by atoms with van der Waals surface area (Å²) in [5.41, 5.74) is 8.19. The molecule has 5 nitrogen and oxygen atoms in total. The van der Waals surface area contributed by atoms with E-state index in [4.69, 9.17) is 10.5 Å². The fourth-order valence-corrected chi connectivity index (χ4v) is 4.44. The summed E-state index contributed by atoms with van der Waals surface area (Å²) < 4.78 is 7.06. The van der Waals surface area contributed by atoms with Crippen molar-refractivity contribution in [1.82, 2.24) is 10.3 Å². The maximum Gasteiger partial charge on any atom is 0.250 e. The van der Waals surface area contributed by atoms with Gasteiger partial charge in [0.15, 0.2) is 0 Å². The zero-order valence-electron chi connectivity index (χ0n) is 16.7. The van der Waals surface area contributed by atoms with Crippen molar-refractivity contribution in [3.05, 3.63) is 88.4 Å². The first-order chi connectivity index (χ1) is 14.6. The SMILES string of the molecule is Cc1c(CNCCc2ccc(Oc3ccc(C(N)=O)cn3)cc2)sc2ccccc12. The van der Waals surface area contributed by atoms with E-state index in [0.29, 0.717) is 17.2 Å². The van der Waals surface area contributed by atoms with Crippen LogP contribution in [0.25, 0.3) is 10.1 Å². The molecule has 2 aromatic heterocycles. The van der Waals surface area contributed by atoms with Gasteiger partial charge >= 0.3 is 0 Å². The van der Waals surface area contributed by atoms with Gasteiger partial charge in [0.1, 0.15) is 5.75 Å². The summed E-state index contributed by atoms with van der Waals surface area (Å²) in [6, 6.07) is 19.8. The summed E-state index contributed by atoms with van der Waals surface area (Å²) in [6.45, 7) is 3.99. The highest BCUT2D eigenvalue weighted by Gasteiger charge is 2.07. The van der Waals surface area contributed by atoms with Gasteiger partial charge in [-0.1, -0.05) is 30.3 Å². The number of rotatable bonds is 8. The number of carbonyl (C=O) groups is 1. The second-order valence-electron chi connectivity index (χ2n) is 7.07. The molecule has 0 bridgehead atoms. The molecule has 0 fully saturated rings. The van der Waals surface area contributed by atoms with Crippen LogP contribution in [0.1, 0.15) is 26.4 Å². The number of pyridine rings is 1. The van der Waals surface area contributed by atoms with Gasteiger partial charge < -0.3 is 15.8 Å². The van der Waals surface area contributed by atoms with Gasteiger partial charge in [-0.05, 0) is 60.7 Å².